The number of Topliss-reactive ketones (excluding diaryl/α,β-unsaturated/α-hetero) is 1. The van der Waals surface area contributed by atoms with Crippen molar-refractivity contribution in [3.05, 3.63) is 81.1 Å². The number of ketones is 1. The Morgan fingerprint density at radius 3 is 2.53 bits per heavy atom. The predicted molar refractivity (Wildman–Crippen MR) is 138 cm³/mol. The molecule has 36 heavy (non-hydrogen) atoms. The van der Waals surface area contributed by atoms with E-state index in [9.17, 15) is 19.8 Å². The fourth-order valence-electron chi connectivity index (χ4n) is 4.27. The number of aliphatic hydroxyl groups excluding tert-OH is 1. The summed E-state index contributed by atoms with van der Waals surface area (Å²) in [6, 6.07) is 12.8. The number of aromatic hydroxyl groups is 1. The first-order chi connectivity index (χ1) is 17.2. The van der Waals surface area contributed by atoms with Crippen molar-refractivity contribution in [3.8, 4) is 17.2 Å². The van der Waals surface area contributed by atoms with E-state index < -0.39 is 17.7 Å². The summed E-state index contributed by atoms with van der Waals surface area (Å²) in [4.78, 5) is 28.9. The van der Waals surface area contributed by atoms with Crippen LogP contribution in [0.1, 0.15) is 48.4 Å². The van der Waals surface area contributed by atoms with Crippen LogP contribution in [0.3, 0.4) is 0 Å². The Bertz CT molecular complexity index is 1310. The lowest BCUT2D eigenvalue weighted by molar-refractivity contribution is -0.140. The van der Waals surface area contributed by atoms with Gasteiger partial charge in [0.25, 0.3) is 11.7 Å². The second-order valence-electron chi connectivity index (χ2n) is 8.81. The van der Waals surface area contributed by atoms with Crippen LogP contribution >= 0.6 is 11.3 Å². The number of phenolic OH excluding ortho intramolecular Hbond substituents is 1. The van der Waals surface area contributed by atoms with E-state index in [2.05, 4.69) is 0 Å². The van der Waals surface area contributed by atoms with Crippen molar-refractivity contribution in [2.75, 3.05) is 6.61 Å². The maximum Gasteiger partial charge on any atom is 0.295 e. The molecule has 1 unspecified atom stereocenters. The van der Waals surface area contributed by atoms with Gasteiger partial charge in [-0.25, -0.2) is 0 Å². The Morgan fingerprint density at radius 2 is 1.89 bits per heavy atom. The van der Waals surface area contributed by atoms with Crippen molar-refractivity contribution in [3.63, 3.8) is 0 Å². The molecule has 2 heterocycles. The van der Waals surface area contributed by atoms with Crippen LogP contribution in [0, 0.1) is 6.92 Å². The van der Waals surface area contributed by atoms with E-state index in [1.54, 1.807) is 37.3 Å². The summed E-state index contributed by atoms with van der Waals surface area (Å²) in [5.74, 6) is -0.860. The van der Waals surface area contributed by atoms with Gasteiger partial charge in [-0.1, -0.05) is 12.1 Å². The second-order valence-corrected chi connectivity index (χ2v) is 9.85. The summed E-state index contributed by atoms with van der Waals surface area (Å²) in [5, 5.41) is 23.5. The van der Waals surface area contributed by atoms with E-state index >= 15 is 0 Å². The Hall–Kier alpha value is -3.78. The van der Waals surface area contributed by atoms with Gasteiger partial charge in [0.05, 0.1) is 30.9 Å². The predicted octanol–water partition coefficient (Wildman–Crippen LogP) is 5.57. The Labute approximate surface area is 214 Å². The zero-order valence-corrected chi connectivity index (χ0v) is 21.5. The third-order valence-corrected chi connectivity index (χ3v) is 6.72. The average Bonchev–Trinajstić information content (AvgIpc) is 3.44. The third-order valence-electron chi connectivity index (χ3n) is 5.86. The molecule has 0 saturated carbocycles. The van der Waals surface area contributed by atoms with Crippen LogP contribution in [0.25, 0.3) is 5.76 Å². The van der Waals surface area contributed by atoms with E-state index in [0.29, 0.717) is 23.5 Å². The first-order valence-electron chi connectivity index (χ1n) is 11.8. The van der Waals surface area contributed by atoms with Crippen molar-refractivity contribution in [2.45, 2.75) is 46.4 Å². The van der Waals surface area contributed by atoms with Crippen LogP contribution in [-0.4, -0.2) is 39.5 Å². The molecule has 1 atom stereocenters. The molecule has 0 spiro atoms. The summed E-state index contributed by atoms with van der Waals surface area (Å²) in [7, 11) is 0. The Kier molecular flexibility index (Phi) is 7.35. The highest BCUT2D eigenvalue weighted by molar-refractivity contribution is 7.09. The minimum Gasteiger partial charge on any atom is -0.507 e. The number of carbonyl (C=O) groups is 2. The standard InChI is InChI=1S/C28H29NO6S/c1-5-34-23-14-18(8-10-21(23)30)25-24(27(32)28(33)29(25)15-20-7-6-12-36-20)26(31)19-9-11-22(17(4)13-19)35-16(2)3/h6-14,16,25,30-31H,5,15H2,1-4H3/b26-24-. The SMILES string of the molecule is CCOc1cc(C2/C(=C(/O)c3ccc(OC(C)C)c(C)c3)C(=O)C(=O)N2Cc2cccs2)ccc1O. The largest absolute Gasteiger partial charge is 0.507 e. The quantitative estimate of drug-likeness (QED) is 0.235. The average molecular weight is 508 g/mol. The maximum atomic E-state index is 13.3. The molecule has 3 aromatic rings. The zero-order chi connectivity index (χ0) is 26.0. The molecule has 1 saturated heterocycles. The van der Waals surface area contributed by atoms with E-state index in [-0.39, 0.29) is 35.5 Å². The molecule has 2 N–H and O–H groups in total. The Balaban J connectivity index is 1.85. The molecular formula is C28H29NO6S. The fourth-order valence-corrected chi connectivity index (χ4v) is 4.97. The number of hydrogen-bond acceptors (Lipinski definition) is 7. The van der Waals surface area contributed by atoms with Crippen LogP contribution in [0.2, 0.25) is 0 Å². The molecular weight excluding hydrogens is 478 g/mol. The number of rotatable bonds is 8. The topological polar surface area (TPSA) is 96.3 Å². The molecule has 0 radical (unpaired) electrons. The summed E-state index contributed by atoms with van der Waals surface area (Å²) in [6.07, 6.45) is -0.0141. The number of carbonyl (C=O) groups excluding carboxylic acids is 2. The van der Waals surface area contributed by atoms with Gasteiger partial charge >= 0.3 is 0 Å². The summed E-state index contributed by atoms with van der Waals surface area (Å²) in [5.41, 5.74) is 1.73. The molecule has 4 rings (SSSR count). The molecule has 1 aliphatic heterocycles. The van der Waals surface area contributed by atoms with Gasteiger partial charge in [0.1, 0.15) is 11.5 Å². The smallest absolute Gasteiger partial charge is 0.295 e. The molecule has 1 amide bonds. The zero-order valence-electron chi connectivity index (χ0n) is 20.6. The first-order valence-corrected chi connectivity index (χ1v) is 12.6. The highest BCUT2D eigenvalue weighted by Gasteiger charge is 2.46. The lowest BCUT2D eigenvalue weighted by atomic mass is 9.94. The van der Waals surface area contributed by atoms with Gasteiger partial charge in [-0.3, -0.25) is 9.59 Å². The van der Waals surface area contributed by atoms with Gasteiger partial charge < -0.3 is 24.6 Å². The second kappa shape index (κ2) is 10.5. The molecule has 2 aromatic carbocycles. The number of ether oxygens (including phenoxy) is 2. The van der Waals surface area contributed by atoms with Crippen LogP contribution in [0.5, 0.6) is 17.2 Å². The van der Waals surface area contributed by atoms with Crippen molar-refractivity contribution >= 4 is 28.8 Å². The summed E-state index contributed by atoms with van der Waals surface area (Å²) >= 11 is 1.48. The van der Waals surface area contributed by atoms with E-state index in [1.807, 2.05) is 38.3 Å². The van der Waals surface area contributed by atoms with E-state index in [4.69, 9.17) is 9.47 Å². The molecule has 0 aliphatic carbocycles. The van der Waals surface area contributed by atoms with Gasteiger partial charge in [-0.05, 0) is 80.6 Å². The van der Waals surface area contributed by atoms with Crippen LogP contribution in [0.15, 0.2) is 59.5 Å². The number of aliphatic hydroxyl groups is 1. The number of amides is 1. The number of nitrogens with zero attached hydrogens (tertiary/aromatic N) is 1. The van der Waals surface area contributed by atoms with Crippen LogP contribution < -0.4 is 9.47 Å². The molecule has 7 nitrogen and oxygen atoms in total. The van der Waals surface area contributed by atoms with Gasteiger partial charge in [0.15, 0.2) is 11.5 Å². The van der Waals surface area contributed by atoms with Gasteiger partial charge in [0, 0.05) is 10.4 Å². The minimum atomic E-state index is -0.862. The van der Waals surface area contributed by atoms with Gasteiger partial charge in [0.2, 0.25) is 0 Å². The van der Waals surface area contributed by atoms with Crippen molar-refractivity contribution in [1.82, 2.24) is 4.90 Å². The molecule has 0 bridgehead atoms. The number of hydrogen-bond donors (Lipinski definition) is 2. The minimum absolute atomic E-state index is 0.0124. The first kappa shape index (κ1) is 25.3. The molecule has 1 aliphatic rings. The van der Waals surface area contributed by atoms with E-state index in [1.165, 1.54) is 22.3 Å². The normalized spacial score (nSPS) is 17.1. The summed E-state index contributed by atoms with van der Waals surface area (Å²) < 4.78 is 11.3. The van der Waals surface area contributed by atoms with Gasteiger partial charge in [-0.15, -0.1) is 11.3 Å². The highest BCUT2D eigenvalue weighted by Crippen LogP contribution is 2.43. The van der Waals surface area contributed by atoms with Crippen LogP contribution in [-0.2, 0) is 16.1 Å². The monoisotopic (exact) mass is 507 g/mol. The Morgan fingerprint density at radius 1 is 1.11 bits per heavy atom. The number of phenols is 1. The number of benzene rings is 2. The molecule has 188 valence electrons. The van der Waals surface area contributed by atoms with Crippen molar-refractivity contribution in [2.24, 2.45) is 0 Å². The lowest BCUT2D eigenvalue weighted by Gasteiger charge is -2.25. The molecule has 8 heteroatoms. The number of likely N-dealkylation sites (tertiary alicyclic amines) is 1. The van der Waals surface area contributed by atoms with Gasteiger partial charge in [-0.2, -0.15) is 0 Å². The fraction of sp³-hybridized carbons (Fsp3) is 0.286. The lowest BCUT2D eigenvalue weighted by Crippen LogP contribution is -2.28. The number of thiophene rings is 1. The molecule has 1 fully saturated rings. The summed E-state index contributed by atoms with van der Waals surface area (Å²) in [6.45, 7) is 8.04. The third kappa shape index (κ3) is 4.95. The van der Waals surface area contributed by atoms with Crippen molar-refractivity contribution < 1.29 is 29.3 Å². The maximum absolute atomic E-state index is 13.3. The van der Waals surface area contributed by atoms with Crippen molar-refractivity contribution in [1.29, 1.82) is 0 Å². The highest BCUT2D eigenvalue weighted by atomic mass is 32.1. The number of aryl methyl sites for hydroxylation is 1. The van der Waals surface area contributed by atoms with E-state index in [0.717, 1.165) is 10.4 Å². The van der Waals surface area contributed by atoms with Crippen LogP contribution in [0.4, 0.5) is 0 Å². The molecule has 1 aromatic heterocycles.